The SMILES string of the molecule is CC(=O)N1CCCC(C(=O)N2CCCC2c2nc3ccccc3[nH]2)C1. The first-order valence-electron chi connectivity index (χ1n) is 9.14. The third-order valence-corrected chi connectivity index (χ3v) is 5.48. The summed E-state index contributed by atoms with van der Waals surface area (Å²) >= 11 is 0. The Labute approximate surface area is 147 Å². The number of likely N-dealkylation sites (tertiary alicyclic amines) is 2. The maximum atomic E-state index is 13.1. The van der Waals surface area contributed by atoms with Gasteiger partial charge in [-0.2, -0.15) is 0 Å². The fourth-order valence-electron chi connectivity index (χ4n) is 4.14. The summed E-state index contributed by atoms with van der Waals surface area (Å²) in [5, 5.41) is 0. The second kappa shape index (κ2) is 6.50. The topological polar surface area (TPSA) is 69.3 Å². The van der Waals surface area contributed by atoms with Gasteiger partial charge >= 0.3 is 0 Å². The number of piperidine rings is 1. The first-order chi connectivity index (χ1) is 12.1. The Balaban J connectivity index is 1.54. The number of aromatic nitrogens is 2. The highest BCUT2D eigenvalue weighted by Gasteiger charge is 2.37. The summed E-state index contributed by atoms with van der Waals surface area (Å²) in [5.74, 6) is 1.04. The Kier molecular flexibility index (Phi) is 4.19. The monoisotopic (exact) mass is 340 g/mol. The van der Waals surface area contributed by atoms with Gasteiger partial charge in [0.15, 0.2) is 0 Å². The molecule has 0 aliphatic carbocycles. The van der Waals surface area contributed by atoms with Gasteiger partial charge in [-0.05, 0) is 37.8 Å². The number of fused-ring (bicyclic) bond motifs is 1. The molecule has 2 atom stereocenters. The fraction of sp³-hybridized carbons (Fsp3) is 0.526. The van der Waals surface area contributed by atoms with E-state index in [0.717, 1.165) is 55.6 Å². The smallest absolute Gasteiger partial charge is 0.228 e. The molecule has 1 aromatic carbocycles. The second-order valence-electron chi connectivity index (χ2n) is 7.13. The molecule has 0 spiro atoms. The molecule has 1 aromatic heterocycles. The number of para-hydroxylation sites is 2. The Morgan fingerprint density at radius 3 is 2.76 bits per heavy atom. The summed E-state index contributed by atoms with van der Waals surface area (Å²) in [5.41, 5.74) is 1.95. The first kappa shape index (κ1) is 16.1. The molecule has 0 radical (unpaired) electrons. The van der Waals surface area contributed by atoms with Crippen molar-refractivity contribution in [3.05, 3.63) is 30.1 Å². The van der Waals surface area contributed by atoms with Gasteiger partial charge in [-0.3, -0.25) is 9.59 Å². The molecular weight excluding hydrogens is 316 g/mol. The first-order valence-corrected chi connectivity index (χ1v) is 9.14. The molecule has 3 heterocycles. The molecule has 6 nitrogen and oxygen atoms in total. The maximum Gasteiger partial charge on any atom is 0.228 e. The summed E-state index contributed by atoms with van der Waals surface area (Å²) in [4.78, 5) is 36.6. The van der Waals surface area contributed by atoms with E-state index in [0.29, 0.717) is 6.54 Å². The van der Waals surface area contributed by atoms with Crippen LogP contribution in [-0.2, 0) is 9.59 Å². The Morgan fingerprint density at radius 1 is 1.16 bits per heavy atom. The summed E-state index contributed by atoms with van der Waals surface area (Å²) < 4.78 is 0. The van der Waals surface area contributed by atoms with Crippen molar-refractivity contribution < 1.29 is 9.59 Å². The molecule has 2 aliphatic rings. The van der Waals surface area contributed by atoms with Crippen LogP contribution in [0.25, 0.3) is 11.0 Å². The average Bonchev–Trinajstić information content (AvgIpc) is 3.27. The van der Waals surface area contributed by atoms with Crippen molar-refractivity contribution in [2.45, 2.75) is 38.6 Å². The molecule has 0 saturated carbocycles. The van der Waals surface area contributed by atoms with Crippen LogP contribution < -0.4 is 0 Å². The number of H-pyrrole nitrogens is 1. The number of benzene rings is 1. The van der Waals surface area contributed by atoms with Crippen LogP contribution in [0.15, 0.2) is 24.3 Å². The van der Waals surface area contributed by atoms with E-state index in [9.17, 15) is 9.59 Å². The van der Waals surface area contributed by atoms with E-state index >= 15 is 0 Å². The highest BCUT2D eigenvalue weighted by Crippen LogP contribution is 2.34. The molecule has 2 unspecified atom stereocenters. The van der Waals surface area contributed by atoms with Crippen LogP contribution in [0.4, 0.5) is 0 Å². The zero-order valence-corrected chi connectivity index (χ0v) is 14.6. The zero-order valence-electron chi connectivity index (χ0n) is 14.6. The van der Waals surface area contributed by atoms with Crippen molar-refractivity contribution in [3.8, 4) is 0 Å². The van der Waals surface area contributed by atoms with Crippen molar-refractivity contribution in [3.63, 3.8) is 0 Å². The molecule has 2 fully saturated rings. The molecule has 6 heteroatoms. The van der Waals surface area contributed by atoms with Crippen molar-refractivity contribution in [2.75, 3.05) is 19.6 Å². The van der Waals surface area contributed by atoms with Crippen LogP contribution >= 0.6 is 0 Å². The standard InChI is InChI=1S/C19H24N4O2/c1-13(24)22-10-4-6-14(12-22)19(25)23-11-5-9-17(23)18-20-15-7-2-3-8-16(15)21-18/h2-3,7-8,14,17H,4-6,9-12H2,1H3,(H,20,21). The highest BCUT2D eigenvalue weighted by molar-refractivity contribution is 5.82. The number of aromatic amines is 1. The third-order valence-electron chi connectivity index (χ3n) is 5.48. The van der Waals surface area contributed by atoms with Gasteiger partial charge in [-0.25, -0.2) is 4.98 Å². The van der Waals surface area contributed by atoms with E-state index in [-0.39, 0.29) is 23.8 Å². The van der Waals surface area contributed by atoms with E-state index in [1.807, 2.05) is 29.2 Å². The number of rotatable bonds is 2. The van der Waals surface area contributed by atoms with E-state index in [1.54, 1.807) is 11.8 Å². The maximum absolute atomic E-state index is 13.1. The quantitative estimate of drug-likeness (QED) is 0.913. The minimum Gasteiger partial charge on any atom is -0.342 e. The van der Waals surface area contributed by atoms with Gasteiger partial charge in [0.1, 0.15) is 5.82 Å². The largest absolute Gasteiger partial charge is 0.342 e. The molecular formula is C19H24N4O2. The lowest BCUT2D eigenvalue weighted by molar-refractivity contribution is -0.141. The van der Waals surface area contributed by atoms with Crippen molar-refractivity contribution in [1.29, 1.82) is 0 Å². The van der Waals surface area contributed by atoms with Gasteiger partial charge < -0.3 is 14.8 Å². The van der Waals surface area contributed by atoms with Crippen molar-refractivity contribution in [2.24, 2.45) is 5.92 Å². The molecule has 25 heavy (non-hydrogen) atoms. The van der Waals surface area contributed by atoms with Gasteiger partial charge in [0, 0.05) is 26.6 Å². The number of hydrogen-bond donors (Lipinski definition) is 1. The van der Waals surface area contributed by atoms with Crippen LogP contribution in [0.3, 0.4) is 0 Å². The summed E-state index contributed by atoms with van der Waals surface area (Å²) in [6.45, 7) is 3.68. The van der Waals surface area contributed by atoms with E-state index in [4.69, 9.17) is 4.98 Å². The number of nitrogens with one attached hydrogen (secondary N) is 1. The minimum atomic E-state index is -0.0809. The number of nitrogens with zero attached hydrogens (tertiary/aromatic N) is 3. The van der Waals surface area contributed by atoms with Gasteiger partial charge in [0.25, 0.3) is 0 Å². The molecule has 2 aromatic rings. The Morgan fingerprint density at radius 2 is 1.96 bits per heavy atom. The molecule has 1 N–H and O–H groups in total. The minimum absolute atomic E-state index is 0.0209. The summed E-state index contributed by atoms with van der Waals surface area (Å²) in [7, 11) is 0. The van der Waals surface area contributed by atoms with Crippen molar-refractivity contribution >= 4 is 22.8 Å². The van der Waals surface area contributed by atoms with Gasteiger partial charge in [-0.1, -0.05) is 12.1 Å². The number of amides is 2. The van der Waals surface area contributed by atoms with Crippen molar-refractivity contribution in [1.82, 2.24) is 19.8 Å². The lowest BCUT2D eigenvalue weighted by Crippen LogP contribution is -2.46. The molecule has 132 valence electrons. The number of carbonyl (C=O) groups excluding carboxylic acids is 2. The molecule has 0 bridgehead atoms. The number of hydrogen-bond acceptors (Lipinski definition) is 3. The molecule has 4 rings (SSSR count). The number of carbonyl (C=O) groups is 2. The number of imidazole rings is 1. The normalized spacial score (nSPS) is 24.0. The zero-order chi connectivity index (χ0) is 17.4. The van der Waals surface area contributed by atoms with E-state index < -0.39 is 0 Å². The lowest BCUT2D eigenvalue weighted by atomic mass is 9.96. The van der Waals surface area contributed by atoms with E-state index in [1.165, 1.54) is 0 Å². The van der Waals surface area contributed by atoms with Crippen LogP contribution in [0, 0.1) is 5.92 Å². The van der Waals surface area contributed by atoms with Gasteiger partial charge in [-0.15, -0.1) is 0 Å². The summed E-state index contributed by atoms with van der Waals surface area (Å²) in [6.07, 6.45) is 3.70. The van der Waals surface area contributed by atoms with Crippen LogP contribution in [0.2, 0.25) is 0 Å². The highest BCUT2D eigenvalue weighted by atomic mass is 16.2. The molecule has 2 saturated heterocycles. The Hall–Kier alpha value is -2.37. The average molecular weight is 340 g/mol. The van der Waals surface area contributed by atoms with Crippen LogP contribution in [-0.4, -0.2) is 51.2 Å². The lowest BCUT2D eigenvalue weighted by Gasteiger charge is -2.34. The van der Waals surface area contributed by atoms with Gasteiger partial charge in [0.05, 0.1) is 23.0 Å². The predicted octanol–water partition coefficient (Wildman–Crippen LogP) is 2.48. The third kappa shape index (κ3) is 3.01. The predicted molar refractivity (Wildman–Crippen MR) is 94.8 cm³/mol. The van der Waals surface area contributed by atoms with Crippen LogP contribution in [0.5, 0.6) is 0 Å². The van der Waals surface area contributed by atoms with Crippen LogP contribution in [0.1, 0.15) is 44.5 Å². The van der Waals surface area contributed by atoms with E-state index in [2.05, 4.69) is 4.98 Å². The summed E-state index contributed by atoms with van der Waals surface area (Å²) in [6, 6.07) is 7.98. The second-order valence-corrected chi connectivity index (χ2v) is 7.13. The fourth-order valence-corrected chi connectivity index (χ4v) is 4.14. The Bertz CT molecular complexity index is 767. The molecule has 2 amide bonds. The molecule has 2 aliphatic heterocycles. The van der Waals surface area contributed by atoms with Gasteiger partial charge in [0.2, 0.25) is 11.8 Å².